The smallest absolute Gasteiger partial charge is 0.176 e. The van der Waals surface area contributed by atoms with Gasteiger partial charge in [0.05, 0.1) is 19.5 Å². The third-order valence-corrected chi connectivity index (χ3v) is 2.90. The number of methoxy groups -OCH3 is 1. The minimum atomic E-state index is 0.709. The monoisotopic (exact) mass is 263 g/mol. The minimum absolute atomic E-state index is 0.709. The zero-order valence-corrected chi connectivity index (χ0v) is 11.6. The molecule has 0 bridgehead atoms. The van der Waals surface area contributed by atoms with Crippen molar-refractivity contribution in [1.29, 1.82) is 0 Å². The Morgan fingerprint density at radius 2 is 2.16 bits per heavy atom. The molecule has 4 heteroatoms. The first-order valence-electron chi connectivity index (χ1n) is 6.68. The van der Waals surface area contributed by atoms with Crippen LogP contribution >= 0.6 is 0 Å². The lowest BCUT2D eigenvalue weighted by Gasteiger charge is -2.05. The van der Waals surface area contributed by atoms with Gasteiger partial charge in [0.15, 0.2) is 11.3 Å². The molecule has 0 atom stereocenters. The summed E-state index contributed by atoms with van der Waals surface area (Å²) in [4.78, 5) is 0. The van der Waals surface area contributed by atoms with Crippen molar-refractivity contribution in [2.75, 3.05) is 26.9 Å². The Kier molecular flexibility index (Phi) is 5.24. The van der Waals surface area contributed by atoms with Crippen LogP contribution in [-0.4, -0.2) is 26.9 Å². The number of furan rings is 1. The molecule has 0 saturated heterocycles. The number of benzene rings is 1. The highest BCUT2D eigenvalue weighted by Crippen LogP contribution is 2.29. The third-order valence-electron chi connectivity index (χ3n) is 2.90. The van der Waals surface area contributed by atoms with Crippen LogP contribution in [0.3, 0.4) is 0 Å². The topological polar surface area (TPSA) is 43.6 Å². The predicted octanol–water partition coefficient (Wildman–Crippen LogP) is 2.96. The maximum absolute atomic E-state index is 5.69. The molecule has 0 aliphatic carbocycles. The molecule has 0 spiro atoms. The fourth-order valence-electron chi connectivity index (χ4n) is 1.94. The Hall–Kier alpha value is -1.52. The minimum Gasteiger partial charge on any atom is -0.490 e. The Labute approximate surface area is 113 Å². The van der Waals surface area contributed by atoms with Crippen LogP contribution in [0.25, 0.3) is 11.0 Å². The lowest BCUT2D eigenvalue weighted by molar-refractivity contribution is 0.199. The van der Waals surface area contributed by atoms with Crippen molar-refractivity contribution in [1.82, 2.24) is 5.32 Å². The van der Waals surface area contributed by atoms with Gasteiger partial charge in [-0.1, -0.05) is 19.1 Å². The van der Waals surface area contributed by atoms with Crippen molar-refractivity contribution in [2.24, 2.45) is 0 Å². The highest BCUT2D eigenvalue weighted by Gasteiger charge is 2.10. The summed E-state index contributed by atoms with van der Waals surface area (Å²) < 4.78 is 16.3. The van der Waals surface area contributed by atoms with E-state index in [0.29, 0.717) is 13.2 Å². The Bertz CT molecular complexity index is 507. The van der Waals surface area contributed by atoms with Crippen LogP contribution in [0, 0.1) is 0 Å². The second-order valence-electron chi connectivity index (χ2n) is 4.41. The van der Waals surface area contributed by atoms with Crippen molar-refractivity contribution in [3.8, 4) is 5.75 Å². The zero-order chi connectivity index (χ0) is 13.5. The first-order valence-corrected chi connectivity index (χ1v) is 6.68. The summed E-state index contributed by atoms with van der Waals surface area (Å²) in [5.74, 6) is 0.822. The molecule has 1 heterocycles. The second-order valence-corrected chi connectivity index (χ2v) is 4.41. The van der Waals surface area contributed by atoms with Crippen molar-refractivity contribution in [3.05, 3.63) is 30.0 Å². The van der Waals surface area contributed by atoms with Crippen LogP contribution in [0.4, 0.5) is 0 Å². The van der Waals surface area contributed by atoms with Gasteiger partial charge in [-0.2, -0.15) is 0 Å². The number of hydrogen-bond donors (Lipinski definition) is 1. The molecule has 2 aromatic rings. The van der Waals surface area contributed by atoms with E-state index in [9.17, 15) is 0 Å². The SMILES string of the molecule is CCCOc1cccc2c(CNCCOC)coc12. The van der Waals surface area contributed by atoms with Gasteiger partial charge in [-0.25, -0.2) is 0 Å². The number of ether oxygens (including phenoxy) is 2. The quantitative estimate of drug-likeness (QED) is 0.744. The maximum atomic E-state index is 5.69. The number of rotatable bonds is 8. The molecule has 104 valence electrons. The summed E-state index contributed by atoms with van der Waals surface area (Å²) in [5, 5.41) is 4.43. The molecule has 0 aliphatic rings. The molecular formula is C15H21NO3. The van der Waals surface area contributed by atoms with E-state index in [-0.39, 0.29) is 0 Å². The van der Waals surface area contributed by atoms with Crippen LogP contribution in [0.5, 0.6) is 5.75 Å². The highest BCUT2D eigenvalue weighted by atomic mass is 16.5. The summed E-state index contributed by atoms with van der Waals surface area (Å²) in [5.41, 5.74) is 1.98. The average molecular weight is 263 g/mol. The Morgan fingerprint density at radius 1 is 1.26 bits per heavy atom. The normalized spacial score (nSPS) is 11.1. The van der Waals surface area contributed by atoms with Gasteiger partial charge in [-0.3, -0.25) is 0 Å². The summed E-state index contributed by atoms with van der Waals surface area (Å²) in [7, 11) is 1.70. The molecule has 1 aromatic carbocycles. The predicted molar refractivity (Wildman–Crippen MR) is 75.6 cm³/mol. The average Bonchev–Trinajstić information content (AvgIpc) is 2.85. The molecule has 1 aromatic heterocycles. The van der Waals surface area contributed by atoms with Gasteiger partial charge in [0.25, 0.3) is 0 Å². The highest BCUT2D eigenvalue weighted by molar-refractivity contribution is 5.86. The summed E-state index contributed by atoms with van der Waals surface area (Å²) >= 11 is 0. The molecule has 4 nitrogen and oxygen atoms in total. The van der Waals surface area contributed by atoms with Crippen LogP contribution < -0.4 is 10.1 Å². The standard InChI is InChI=1S/C15H21NO3/c1-3-8-18-14-6-4-5-13-12(11-19-15(13)14)10-16-7-9-17-2/h4-6,11,16H,3,7-10H2,1-2H3. The summed E-state index contributed by atoms with van der Waals surface area (Å²) in [6, 6.07) is 6.01. The lowest BCUT2D eigenvalue weighted by atomic mass is 10.1. The van der Waals surface area contributed by atoms with Gasteiger partial charge >= 0.3 is 0 Å². The fourth-order valence-corrected chi connectivity index (χ4v) is 1.94. The molecule has 1 N–H and O–H groups in total. The molecule has 19 heavy (non-hydrogen) atoms. The largest absolute Gasteiger partial charge is 0.490 e. The van der Waals surface area contributed by atoms with E-state index in [2.05, 4.69) is 18.3 Å². The first kappa shape index (κ1) is 13.9. The molecule has 0 aliphatic heterocycles. The molecule has 0 fully saturated rings. The van der Waals surface area contributed by atoms with Crippen LogP contribution in [-0.2, 0) is 11.3 Å². The van der Waals surface area contributed by atoms with Gasteiger partial charge in [0, 0.05) is 31.1 Å². The molecule has 0 saturated carbocycles. The molecule has 0 radical (unpaired) electrons. The van der Waals surface area contributed by atoms with Gasteiger partial charge < -0.3 is 19.2 Å². The third kappa shape index (κ3) is 3.49. The van der Waals surface area contributed by atoms with Crippen LogP contribution in [0.1, 0.15) is 18.9 Å². The van der Waals surface area contributed by atoms with Gasteiger partial charge in [-0.05, 0) is 12.5 Å². The zero-order valence-electron chi connectivity index (χ0n) is 11.6. The number of hydrogen-bond acceptors (Lipinski definition) is 4. The first-order chi connectivity index (χ1) is 9.36. The Morgan fingerprint density at radius 3 is 2.95 bits per heavy atom. The van der Waals surface area contributed by atoms with E-state index in [1.807, 2.05) is 12.1 Å². The molecule has 0 unspecified atom stereocenters. The van der Waals surface area contributed by atoms with Gasteiger partial charge in [0.1, 0.15) is 0 Å². The number of para-hydroxylation sites is 1. The van der Waals surface area contributed by atoms with E-state index in [1.165, 1.54) is 0 Å². The van der Waals surface area contributed by atoms with E-state index >= 15 is 0 Å². The molecular weight excluding hydrogens is 242 g/mol. The van der Waals surface area contributed by atoms with Crippen molar-refractivity contribution in [2.45, 2.75) is 19.9 Å². The summed E-state index contributed by atoms with van der Waals surface area (Å²) in [6.45, 7) is 5.11. The lowest BCUT2D eigenvalue weighted by Crippen LogP contribution is -2.18. The van der Waals surface area contributed by atoms with Gasteiger partial charge in [0.2, 0.25) is 0 Å². The summed E-state index contributed by atoms with van der Waals surface area (Å²) in [6.07, 6.45) is 2.78. The van der Waals surface area contributed by atoms with Crippen molar-refractivity contribution >= 4 is 11.0 Å². The van der Waals surface area contributed by atoms with E-state index < -0.39 is 0 Å². The molecule has 0 amide bonds. The number of fused-ring (bicyclic) bond motifs is 1. The van der Waals surface area contributed by atoms with Crippen LogP contribution in [0.15, 0.2) is 28.9 Å². The van der Waals surface area contributed by atoms with Crippen LogP contribution in [0.2, 0.25) is 0 Å². The van der Waals surface area contributed by atoms with E-state index in [4.69, 9.17) is 13.9 Å². The van der Waals surface area contributed by atoms with Crippen molar-refractivity contribution < 1.29 is 13.9 Å². The van der Waals surface area contributed by atoms with Crippen molar-refractivity contribution in [3.63, 3.8) is 0 Å². The Balaban J connectivity index is 2.09. The fraction of sp³-hybridized carbons (Fsp3) is 0.467. The maximum Gasteiger partial charge on any atom is 0.176 e. The number of nitrogens with one attached hydrogen (secondary N) is 1. The van der Waals surface area contributed by atoms with E-state index in [1.54, 1.807) is 13.4 Å². The molecule has 2 rings (SSSR count). The van der Waals surface area contributed by atoms with E-state index in [0.717, 1.165) is 41.8 Å². The second kappa shape index (κ2) is 7.16. The van der Waals surface area contributed by atoms with Gasteiger partial charge in [-0.15, -0.1) is 0 Å².